The molecule has 160 valence electrons. The van der Waals surface area contributed by atoms with Crippen molar-refractivity contribution in [3.05, 3.63) is 66.5 Å². The minimum Gasteiger partial charge on any atom is -0.508 e. The molecule has 0 atom stereocenters. The van der Waals surface area contributed by atoms with E-state index in [-0.39, 0.29) is 18.2 Å². The van der Waals surface area contributed by atoms with E-state index in [1.54, 1.807) is 35.9 Å². The van der Waals surface area contributed by atoms with Gasteiger partial charge in [0.15, 0.2) is 5.82 Å². The number of aromatic hydroxyl groups is 1. The topological polar surface area (TPSA) is 73.3 Å². The van der Waals surface area contributed by atoms with Crippen molar-refractivity contribution >= 4 is 45.5 Å². The predicted molar refractivity (Wildman–Crippen MR) is 130 cm³/mol. The van der Waals surface area contributed by atoms with Crippen LogP contribution in [0, 0.1) is 0 Å². The summed E-state index contributed by atoms with van der Waals surface area (Å²) in [5.41, 5.74) is 4.23. The molecule has 31 heavy (non-hydrogen) atoms. The molecule has 0 spiro atoms. The Hall–Kier alpha value is -2.71. The molecule has 0 aliphatic carbocycles. The normalized spacial score (nSPS) is 14.3. The second-order valence-electron chi connectivity index (χ2n) is 7.45. The minimum absolute atomic E-state index is 0. The van der Waals surface area contributed by atoms with Gasteiger partial charge in [0, 0.05) is 49.4 Å². The van der Waals surface area contributed by atoms with Gasteiger partial charge in [0.2, 0.25) is 0 Å². The average Bonchev–Trinajstić information content (AvgIpc) is 3.21. The molecule has 0 amide bonds. The first-order chi connectivity index (χ1) is 14.7. The second kappa shape index (κ2) is 9.62. The van der Waals surface area contributed by atoms with Crippen LogP contribution in [0.5, 0.6) is 5.75 Å². The molecular weight excluding hydrogens is 430 g/mol. The summed E-state index contributed by atoms with van der Waals surface area (Å²) < 4.78 is 1.00. The van der Waals surface area contributed by atoms with Crippen LogP contribution >= 0.6 is 23.7 Å². The van der Waals surface area contributed by atoms with Gasteiger partial charge < -0.3 is 15.7 Å². The zero-order valence-electron chi connectivity index (χ0n) is 16.9. The molecule has 0 saturated carbocycles. The predicted octanol–water partition coefficient (Wildman–Crippen LogP) is 4.63. The van der Waals surface area contributed by atoms with Crippen molar-refractivity contribution in [1.82, 2.24) is 20.2 Å². The standard InChI is InChI=1S/C23H23N5OS.ClH/c29-19-3-1-2-18(12-19)27-23-22-20(25-15-26-23)13-21(30-22)17-6-4-16(5-7-17)14-28-10-8-24-9-11-28;/h1-7,12-13,15,24,29H,8-11,14H2,(H,25,26,27);1H. The number of phenols is 1. The van der Waals surface area contributed by atoms with Gasteiger partial charge in [-0.25, -0.2) is 9.97 Å². The molecular formula is C23H24ClN5OS. The fourth-order valence-electron chi connectivity index (χ4n) is 3.71. The number of fused-ring (bicyclic) bond motifs is 1. The van der Waals surface area contributed by atoms with Crippen LogP contribution in [-0.2, 0) is 6.54 Å². The number of rotatable bonds is 5. The number of nitrogens with one attached hydrogen (secondary N) is 2. The van der Waals surface area contributed by atoms with Gasteiger partial charge in [-0.3, -0.25) is 4.90 Å². The van der Waals surface area contributed by atoms with Crippen molar-refractivity contribution in [2.75, 3.05) is 31.5 Å². The number of phenolic OH excluding ortho intramolecular Hbond substituents is 1. The van der Waals surface area contributed by atoms with E-state index in [0.29, 0.717) is 0 Å². The van der Waals surface area contributed by atoms with E-state index in [0.717, 1.165) is 59.3 Å². The summed E-state index contributed by atoms with van der Waals surface area (Å²) in [5.74, 6) is 0.968. The molecule has 1 fully saturated rings. The summed E-state index contributed by atoms with van der Waals surface area (Å²) in [6.45, 7) is 5.34. The molecule has 1 aliphatic rings. The van der Waals surface area contributed by atoms with E-state index in [9.17, 15) is 5.11 Å². The molecule has 5 rings (SSSR count). The van der Waals surface area contributed by atoms with Gasteiger partial charge in [-0.05, 0) is 29.3 Å². The highest BCUT2D eigenvalue weighted by Gasteiger charge is 2.12. The lowest BCUT2D eigenvalue weighted by Gasteiger charge is -2.27. The molecule has 6 nitrogen and oxygen atoms in total. The number of halogens is 1. The minimum atomic E-state index is 0. The van der Waals surface area contributed by atoms with E-state index >= 15 is 0 Å². The highest BCUT2D eigenvalue weighted by Crippen LogP contribution is 2.36. The number of nitrogens with zero attached hydrogens (tertiary/aromatic N) is 3. The Morgan fingerprint density at radius 2 is 1.84 bits per heavy atom. The van der Waals surface area contributed by atoms with Crippen LogP contribution in [0.25, 0.3) is 20.7 Å². The third-order valence-electron chi connectivity index (χ3n) is 5.27. The van der Waals surface area contributed by atoms with Gasteiger partial charge in [0.05, 0.1) is 10.2 Å². The van der Waals surface area contributed by atoms with Crippen LogP contribution in [0.2, 0.25) is 0 Å². The molecule has 8 heteroatoms. The number of benzene rings is 2. The number of thiophene rings is 1. The quantitative estimate of drug-likeness (QED) is 0.409. The maximum absolute atomic E-state index is 9.71. The SMILES string of the molecule is Cl.Oc1cccc(Nc2ncnc3cc(-c4ccc(CN5CCNCC5)cc4)sc23)c1. The van der Waals surface area contributed by atoms with Crippen molar-refractivity contribution < 1.29 is 5.11 Å². The van der Waals surface area contributed by atoms with Gasteiger partial charge in [0.25, 0.3) is 0 Å². The first kappa shape index (κ1) is 21.5. The van der Waals surface area contributed by atoms with Gasteiger partial charge in [-0.1, -0.05) is 30.3 Å². The van der Waals surface area contributed by atoms with E-state index in [1.807, 2.05) is 6.07 Å². The van der Waals surface area contributed by atoms with Crippen LogP contribution in [0.1, 0.15) is 5.56 Å². The lowest BCUT2D eigenvalue weighted by molar-refractivity contribution is 0.233. The zero-order valence-corrected chi connectivity index (χ0v) is 18.5. The number of anilines is 2. The summed E-state index contributed by atoms with van der Waals surface area (Å²) in [5, 5.41) is 16.4. The van der Waals surface area contributed by atoms with E-state index < -0.39 is 0 Å². The Balaban J connectivity index is 0.00000231. The largest absolute Gasteiger partial charge is 0.508 e. The summed E-state index contributed by atoms with van der Waals surface area (Å²) >= 11 is 1.67. The van der Waals surface area contributed by atoms with Gasteiger partial charge in [-0.15, -0.1) is 23.7 Å². The maximum atomic E-state index is 9.71. The monoisotopic (exact) mass is 453 g/mol. The van der Waals surface area contributed by atoms with Crippen molar-refractivity contribution in [2.45, 2.75) is 6.54 Å². The maximum Gasteiger partial charge on any atom is 0.151 e. The number of hydrogen-bond acceptors (Lipinski definition) is 7. The Bertz CT molecular complexity index is 1160. The van der Waals surface area contributed by atoms with Crippen LogP contribution in [0.15, 0.2) is 60.9 Å². The van der Waals surface area contributed by atoms with Crippen molar-refractivity contribution in [2.24, 2.45) is 0 Å². The lowest BCUT2D eigenvalue weighted by atomic mass is 10.1. The first-order valence-corrected chi connectivity index (χ1v) is 10.9. The number of piperazine rings is 1. The van der Waals surface area contributed by atoms with E-state index in [4.69, 9.17) is 0 Å². The molecule has 3 heterocycles. The van der Waals surface area contributed by atoms with Crippen molar-refractivity contribution in [3.63, 3.8) is 0 Å². The van der Waals surface area contributed by atoms with Gasteiger partial charge >= 0.3 is 0 Å². The van der Waals surface area contributed by atoms with Crippen molar-refractivity contribution in [3.8, 4) is 16.2 Å². The lowest BCUT2D eigenvalue weighted by Crippen LogP contribution is -2.42. The molecule has 0 unspecified atom stereocenters. The third-order valence-corrected chi connectivity index (χ3v) is 6.45. The molecule has 0 radical (unpaired) electrons. The summed E-state index contributed by atoms with van der Waals surface area (Å²) in [6.07, 6.45) is 1.57. The Morgan fingerprint density at radius 1 is 1.03 bits per heavy atom. The van der Waals surface area contributed by atoms with E-state index in [1.165, 1.54) is 11.1 Å². The molecule has 0 bridgehead atoms. The first-order valence-electron chi connectivity index (χ1n) is 10.1. The third kappa shape index (κ3) is 4.97. The summed E-state index contributed by atoms with van der Waals surface area (Å²) in [6, 6.07) is 18.0. The Labute approximate surface area is 191 Å². The van der Waals surface area contributed by atoms with Crippen LogP contribution in [0.4, 0.5) is 11.5 Å². The molecule has 1 aliphatic heterocycles. The van der Waals surface area contributed by atoms with E-state index in [2.05, 4.69) is 55.8 Å². The van der Waals surface area contributed by atoms with Crippen LogP contribution in [0.3, 0.4) is 0 Å². The summed E-state index contributed by atoms with van der Waals surface area (Å²) in [4.78, 5) is 12.5. The number of hydrogen-bond donors (Lipinski definition) is 3. The second-order valence-corrected chi connectivity index (χ2v) is 8.50. The van der Waals surface area contributed by atoms with Crippen molar-refractivity contribution in [1.29, 1.82) is 0 Å². The van der Waals surface area contributed by atoms with Crippen LogP contribution < -0.4 is 10.6 Å². The van der Waals surface area contributed by atoms with Gasteiger partial charge in [-0.2, -0.15) is 0 Å². The Morgan fingerprint density at radius 3 is 2.61 bits per heavy atom. The molecule has 2 aromatic heterocycles. The smallest absolute Gasteiger partial charge is 0.151 e. The molecule has 4 aromatic rings. The fraction of sp³-hybridized carbons (Fsp3) is 0.217. The zero-order chi connectivity index (χ0) is 20.3. The fourth-order valence-corrected chi connectivity index (χ4v) is 4.77. The van der Waals surface area contributed by atoms with Gasteiger partial charge in [0.1, 0.15) is 12.1 Å². The molecule has 1 saturated heterocycles. The highest BCUT2D eigenvalue weighted by atomic mass is 35.5. The number of aromatic nitrogens is 2. The molecule has 3 N–H and O–H groups in total. The van der Waals surface area contributed by atoms with Crippen LogP contribution in [-0.4, -0.2) is 46.2 Å². The summed E-state index contributed by atoms with van der Waals surface area (Å²) in [7, 11) is 0. The average molecular weight is 454 g/mol. The highest BCUT2D eigenvalue weighted by molar-refractivity contribution is 7.22. The molecule has 2 aromatic carbocycles. The Kier molecular flexibility index (Phi) is 6.67.